The molecule has 0 aliphatic heterocycles. The van der Waals surface area contributed by atoms with Gasteiger partial charge in [0, 0.05) is 11.6 Å². The molecule has 0 radical (unpaired) electrons. The molecule has 2 nitrogen and oxygen atoms in total. The summed E-state index contributed by atoms with van der Waals surface area (Å²) in [6, 6.07) is 3.90. The fraction of sp³-hybridized carbons (Fsp3) is 0.500. The number of rotatable bonds is 2. The summed E-state index contributed by atoms with van der Waals surface area (Å²) < 4.78 is 0. The number of nitrogens with two attached hydrogens (primary N) is 1. The van der Waals surface area contributed by atoms with Crippen molar-refractivity contribution in [3.8, 4) is 0 Å². The van der Waals surface area contributed by atoms with Crippen molar-refractivity contribution in [3.05, 3.63) is 24.0 Å². The maximum Gasteiger partial charge on any atom is 0.0501 e. The van der Waals surface area contributed by atoms with Crippen LogP contribution in [0.15, 0.2) is 18.3 Å². The van der Waals surface area contributed by atoms with Gasteiger partial charge in [0.2, 0.25) is 0 Å². The summed E-state index contributed by atoms with van der Waals surface area (Å²) >= 11 is 0. The molecule has 1 aromatic heterocycles. The van der Waals surface area contributed by atoms with E-state index in [1.54, 1.807) is 6.20 Å². The fourth-order valence-electron chi connectivity index (χ4n) is 1.03. The number of hydrogen-bond acceptors (Lipinski definition) is 2. The fourth-order valence-corrected chi connectivity index (χ4v) is 1.03. The van der Waals surface area contributed by atoms with Crippen LogP contribution in [0.5, 0.6) is 0 Å². The minimum atomic E-state index is 0.505. The summed E-state index contributed by atoms with van der Waals surface area (Å²) in [5, 5.41) is 0. The third-order valence-corrected chi connectivity index (χ3v) is 2.28. The van der Waals surface area contributed by atoms with Crippen LogP contribution >= 0.6 is 0 Å². The van der Waals surface area contributed by atoms with Crippen molar-refractivity contribution in [3.63, 3.8) is 0 Å². The Kier molecular flexibility index (Phi) is 2.69. The lowest BCUT2D eigenvalue weighted by molar-refractivity contribution is 0.524. The number of pyridine rings is 1. The zero-order chi connectivity index (χ0) is 9.14. The van der Waals surface area contributed by atoms with Gasteiger partial charge in [-0.2, -0.15) is 0 Å². The summed E-state index contributed by atoms with van der Waals surface area (Å²) in [4.78, 5) is 4.27. The molecule has 1 heterocycles. The molecule has 0 fully saturated rings. The Hall–Kier alpha value is -1.05. The lowest BCUT2D eigenvalue weighted by Gasteiger charge is -2.14. The van der Waals surface area contributed by atoms with Crippen LogP contribution in [0.1, 0.15) is 32.4 Å². The first-order valence-electron chi connectivity index (χ1n) is 4.32. The smallest absolute Gasteiger partial charge is 0.0501 e. The second-order valence-corrected chi connectivity index (χ2v) is 3.55. The molecule has 0 aromatic carbocycles. The maximum absolute atomic E-state index is 5.54. The summed E-state index contributed by atoms with van der Waals surface area (Å²) in [5.74, 6) is 1.13. The molecule has 0 saturated heterocycles. The van der Waals surface area contributed by atoms with E-state index < -0.39 is 0 Å². The van der Waals surface area contributed by atoms with E-state index in [-0.39, 0.29) is 0 Å². The van der Waals surface area contributed by atoms with Gasteiger partial charge in [-0.25, -0.2) is 0 Å². The second kappa shape index (κ2) is 3.57. The SMILES string of the molecule is CC(C)C(C)c1ccc(N)cn1. The van der Waals surface area contributed by atoms with Crippen LogP contribution in [0.2, 0.25) is 0 Å². The average Bonchev–Trinajstić information content (AvgIpc) is 2.04. The zero-order valence-electron chi connectivity index (χ0n) is 7.91. The van der Waals surface area contributed by atoms with Gasteiger partial charge in [-0.3, -0.25) is 4.98 Å². The number of aromatic nitrogens is 1. The first-order valence-corrected chi connectivity index (χ1v) is 4.32. The van der Waals surface area contributed by atoms with Gasteiger partial charge in [0.1, 0.15) is 0 Å². The molecular weight excluding hydrogens is 148 g/mol. The number of nitrogens with zero attached hydrogens (tertiary/aromatic N) is 1. The molecule has 1 aromatic rings. The Morgan fingerprint density at radius 3 is 2.33 bits per heavy atom. The molecule has 12 heavy (non-hydrogen) atoms. The van der Waals surface area contributed by atoms with Crippen LogP contribution in [0.3, 0.4) is 0 Å². The molecule has 66 valence electrons. The van der Waals surface area contributed by atoms with Gasteiger partial charge in [-0.05, 0) is 18.1 Å². The Labute approximate surface area is 73.8 Å². The van der Waals surface area contributed by atoms with Crippen LogP contribution in [-0.4, -0.2) is 4.98 Å². The number of anilines is 1. The second-order valence-electron chi connectivity index (χ2n) is 3.55. The summed E-state index contributed by atoms with van der Waals surface area (Å²) in [7, 11) is 0. The van der Waals surface area contributed by atoms with Crippen LogP contribution < -0.4 is 5.73 Å². The summed E-state index contributed by atoms with van der Waals surface area (Å²) in [6.07, 6.45) is 1.72. The molecule has 0 amide bonds. The maximum atomic E-state index is 5.54. The van der Waals surface area contributed by atoms with Crippen LogP contribution in [0.4, 0.5) is 5.69 Å². The first-order chi connectivity index (χ1) is 5.61. The first kappa shape index (κ1) is 9.04. The minimum Gasteiger partial charge on any atom is -0.397 e. The highest BCUT2D eigenvalue weighted by Crippen LogP contribution is 2.21. The van der Waals surface area contributed by atoms with Crippen molar-refractivity contribution >= 4 is 5.69 Å². The van der Waals surface area contributed by atoms with E-state index in [1.807, 2.05) is 12.1 Å². The molecule has 0 spiro atoms. The van der Waals surface area contributed by atoms with E-state index in [4.69, 9.17) is 5.73 Å². The molecule has 2 N–H and O–H groups in total. The van der Waals surface area contributed by atoms with Gasteiger partial charge in [-0.15, -0.1) is 0 Å². The molecule has 1 atom stereocenters. The summed E-state index contributed by atoms with van der Waals surface area (Å²) in [6.45, 7) is 6.58. The monoisotopic (exact) mass is 164 g/mol. The molecule has 0 saturated carbocycles. The molecule has 0 aliphatic carbocycles. The van der Waals surface area contributed by atoms with Crippen molar-refractivity contribution < 1.29 is 0 Å². The van der Waals surface area contributed by atoms with Crippen LogP contribution in [0, 0.1) is 5.92 Å². The Balaban J connectivity index is 2.82. The zero-order valence-corrected chi connectivity index (χ0v) is 7.91. The average molecular weight is 164 g/mol. The topological polar surface area (TPSA) is 38.9 Å². The molecule has 1 rings (SSSR count). The molecule has 0 aliphatic rings. The highest BCUT2D eigenvalue weighted by Gasteiger charge is 2.10. The summed E-state index contributed by atoms with van der Waals surface area (Å²) in [5.41, 5.74) is 7.40. The quantitative estimate of drug-likeness (QED) is 0.729. The van der Waals surface area contributed by atoms with Crippen molar-refractivity contribution in [2.75, 3.05) is 5.73 Å². The molecule has 1 unspecified atom stereocenters. The van der Waals surface area contributed by atoms with Gasteiger partial charge >= 0.3 is 0 Å². The van der Waals surface area contributed by atoms with E-state index in [2.05, 4.69) is 25.8 Å². The standard InChI is InChI=1S/C10H16N2/c1-7(2)8(3)10-5-4-9(11)6-12-10/h4-8H,11H2,1-3H3. The minimum absolute atomic E-state index is 0.505. The molecular formula is C10H16N2. The lowest BCUT2D eigenvalue weighted by atomic mass is 9.94. The molecule has 0 bridgehead atoms. The Bertz CT molecular complexity index is 239. The van der Waals surface area contributed by atoms with Crippen molar-refractivity contribution in [2.45, 2.75) is 26.7 Å². The van der Waals surface area contributed by atoms with E-state index in [1.165, 1.54) is 0 Å². The number of nitrogen functional groups attached to an aromatic ring is 1. The predicted molar refractivity (Wildman–Crippen MR) is 51.9 cm³/mol. The van der Waals surface area contributed by atoms with E-state index in [9.17, 15) is 0 Å². The Morgan fingerprint density at radius 1 is 1.25 bits per heavy atom. The highest BCUT2D eigenvalue weighted by molar-refractivity contribution is 5.35. The third kappa shape index (κ3) is 1.97. The normalized spacial score (nSPS) is 13.3. The van der Waals surface area contributed by atoms with Gasteiger partial charge in [0.15, 0.2) is 0 Å². The van der Waals surface area contributed by atoms with Crippen LogP contribution in [0.25, 0.3) is 0 Å². The largest absolute Gasteiger partial charge is 0.397 e. The van der Waals surface area contributed by atoms with Gasteiger partial charge in [-0.1, -0.05) is 20.8 Å². The Morgan fingerprint density at radius 2 is 1.92 bits per heavy atom. The van der Waals surface area contributed by atoms with Crippen LogP contribution in [-0.2, 0) is 0 Å². The lowest BCUT2D eigenvalue weighted by Crippen LogP contribution is -2.04. The van der Waals surface area contributed by atoms with Gasteiger partial charge in [0.25, 0.3) is 0 Å². The van der Waals surface area contributed by atoms with E-state index in [0.717, 1.165) is 11.4 Å². The number of hydrogen-bond donors (Lipinski definition) is 1. The van der Waals surface area contributed by atoms with Gasteiger partial charge in [0.05, 0.1) is 11.9 Å². The van der Waals surface area contributed by atoms with E-state index in [0.29, 0.717) is 11.8 Å². The van der Waals surface area contributed by atoms with Crippen molar-refractivity contribution in [1.82, 2.24) is 4.98 Å². The predicted octanol–water partition coefficient (Wildman–Crippen LogP) is 2.42. The van der Waals surface area contributed by atoms with E-state index >= 15 is 0 Å². The van der Waals surface area contributed by atoms with Crippen molar-refractivity contribution in [1.29, 1.82) is 0 Å². The van der Waals surface area contributed by atoms with Crippen molar-refractivity contribution in [2.24, 2.45) is 5.92 Å². The third-order valence-electron chi connectivity index (χ3n) is 2.28. The van der Waals surface area contributed by atoms with Gasteiger partial charge < -0.3 is 5.73 Å². The highest BCUT2D eigenvalue weighted by atomic mass is 14.7. The molecule has 2 heteroatoms.